The highest BCUT2D eigenvalue weighted by Gasteiger charge is 2.43. The third-order valence-corrected chi connectivity index (χ3v) is 6.94. The minimum absolute atomic E-state index is 0.0195. The molecule has 5 rings (SSSR count). The van der Waals surface area contributed by atoms with Crippen LogP contribution < -0.4 is 5.32 Å². The summed E-state index contributed by atoms with van der Waals surface area (Å²) in [6.07, 6.45) is 2.16. The van der Waals surface area contributed by atoms with Gasteiger partial charge in [0.25, 0.3) is 5.91 Å². The molecule has 7 nitrogen and oxygen atoms in total. The van der Waals surface area contributed by atoms with Gasteiger partial charge in [-0.05, 0) is 54.3 Å². The molecule has 0 spiro atoms. The molecule has 1 aromatic heterocycles. The number of benzene rings is 2. The second-order valence-electron chi connectivity index (χ2n) is 9.68. The average Bonchev–Trinajstić information content (AvgIpc) is 3.21. The lowest BCUT2D eigenvalue weighted by molar-refractivity contribution is -0.131. The van der Waals surface area contributed by atoms with Gasteiger partial charge in [-0.3, -0.25) is 19.4 Å². The molecule has 2 aliphatic rings. The monoisotopic (exact) mass is 484 g/mol. The van der Waals surface area contributed by atoms with Crippen LogP contribution in [0.3, 0.4) is 0 Å². The Morgan fingerprint density at radius 2 is 1.97 bits per heavy atom. The number of aromatic nitrogens is 1. The Kier molecular flexibility index (Phi) is 6.00. The first-order valence-electron chi connectivity index (χ1n) is 12.0. The number of alkyl halides is 1. The zero-order valence-electron chi connectivity index (χ0n) is 19.9. The first-order valence-corrected chi connectivity index (χ1v) is 12.0. The van der Waals surface area contributed by atoms with Crippen molar-refractivity contribution in [1.29, 1.82) is 5.26 Å². The molecule has 8 heteroatoms. The number of carbonyl (C=O) groups excluding carboxylic acids is 3. The van der Waals surface area contributed by atoms with E-state index in [4.69, 9.17) is 0 Å². The van der Waals surface area contributed by atoms with E-state index in [1.807, 2.05) is 42.5 Å². The van der Waals surface area contributed by atoms with Gasteiger partial charge in [0.15, 0.2) is 5.78 Å². The SMILES string of the molecule is CC1(F)C[C@@H](C#N)N(C(=O)CCC(=O)c2ccnc3ccc(-c4ccc5c(c4)CCNC5=O)cc23)C1. The van der Waals surface area contributed by atoms with Gasteiger partial charge in [0.1, 0.15) is 11.7 Å². The third kappa shape index (κ3) is 4.44. The second-order valence-corrected chi connectivity index (χ2v) is 9.68. The highest BCUT2D eigenvalue weighted by atomic mass is 19.1. The summed E-state index contributed by atoms with van der Waals surface area (Å²) in [6, 6.07) is 14.2. The number of hydrogen-bond acceptors (Lipinski definition) is 5. The number of rotatable bonds is 5. The molecule has 1 fully saturated rings. The van der Waals surface area contributed by atoms with E-state index in [-0.39, 0.29) is 37.5 Å². The maximum atomic E-state index is 14.3. The molecule has 0 radical (unpaired) electrons. The first-order chi connectivity index (χ1) is 17.3. The molecule has 1 saturated heterocycles. The van der Waals surface area contributed by atoms with Gasteiger partial charge < -0.3 is 10.2 Å². The molecule has 1 N–H and O–H groups in total. The Bertz CT molecular complexity index is 1440. The van der Waals surface area contributed by atoms with Crippen LogP contribution in [0.5, 0.6) is 0 Å². The molecule has 3 aromatic rings. The zero-order valence-corrected chi connectivity index (χ0v) is 19.9. The van der Waals surface area contributed by atoms with Crippen LogP contribution in [0.15, 0.2) is 48.7 Å². The number of hydrogen-bond donors (Lipinski definition) is 1. The van der Waals surface area contributed by atoms with Crippen LogP contribution >= 0.6 is 0 Å². The van der Waals surface area contributed by atoms with Crippen LogP contribution in [0.2, 0.25) is 0 Å². The molecule has 1 unspecified atom stereocenters. The Hall–Kier alpha value is -4.12. The van der Waals surface area contributed by atoms with Crippen molar-refractivity contribution < 1.29 is 18.8 Å². The Morgan fingerprint density at radius 1 is 1.19 bits per heavy atom. The van der Waals surface area contributed by atoms with Crippen molar-refractivity contribution in [1.82, 2.24) is 15.2 Å². The van der Waals surface area contributed by atoms with E-state index < -0.39 is 17.6 Å². The number of nitriles is 1. The number of nitrogens with one attached hydrogen (secondary N) is 1. The topological polar surface area (TPSA) is 103 Å². The fourth-order valence-electron chi connectivity index (χ4n) is 5.10. The summed E-state index contributed by atoms with van der Waals surface area (Å²) in [7, 11) is 0. The molecule has 3 heterocycles. The Labute approximate surface area is 207 Å². The quantitative estimate of drug-likeness (QED) is 0.552. The van der Waals surface area contributed by atoms with Crippen molar-refractivity contribution in [3.05, 3.63) is 65.4 Å². The van der Waals surface area contributed by atoms with Gasteiger partial charge in [-0.15, -0.1) is 0 Å². The van der Waals surface area contributed by atoms with Gasteiger partial charge in [-0.1, -0.05) is 18.2 Å². The normalized spacial score (nSPS) is 21.1. The molecular formula is C28H25FN4O3. The zero-order chi connectivity index (χ0) is 25.4. The third-order valence-electron chi connectivity index (χ3n) is 6.94. The largest absolute Gasteiger partial charge is 0.352 e. The fourth-order valence-corrected chi connectivity index (χ4v) is 5.10. The Morgan fingerprint density at radius 3 is 2.78 bits per heavy atom. The smallest absolute Gasteiger partial charge is 0.251 e. The molecular weight excluding hydrogens is 459 g/mol. The van der Waals surface area contributed by atoms with Crippen LogP contribution in [0.1, 0.15) is 52.5 Å². The fraction of sp³-hybridized carbons (Fsp3) is 0.321. The summed E-state index contributed by atoms with van der Waals surface area (Å²) >= 11 is 0. The van der Waals surface area contributed by atoms with Gasteiger partial charge in [0.05, 0.1) is 18.1 Å². The van der Waals surface area contributed by atoms with E-state index in [0.717, 1.165) is 23.1 Å². The summed E-state index contributed by atoms with van der Waals surface area (Å²) in [5.74, 6) is -0.682. The van der Waals surface area contributed by atoms with Crippen molar-refractivity contribution in [2.75, 3.05) is 13.1 Å². The number of likely N-dealkylation sites (tertiary alicyclic amines) is 1. The van der Waals surface area contributed by atoms with Crippen LogP contribution in [0.25, 0.3) is 22.0 Å². The van der Waals surface area contributed by atoms with E-state index in [9.17, 15) is 24.0 Å². The van der Waals surface area contributed by atoms with E-state index >= 15 is 0 Å². The van der Waals surface area contributed by atoms with E-state index in [0.29, 0.717) is 28.6 Å². The van der Waals surface area contributed by atoms with Gasteiger partial charge in [0.2, 0.25) is 5.91 Å². The standard InChI is InChI=1S/C28H25FN4O3/c1-28(29)14-20(15-30)33(16-28)26(35)7-6-25(34)22-9-11-31-24-5-3-18(13-23(22)24)17-2-4-21-19(12-17)8-10-32-27(21)36/h2-5,9,11-13,20H,6-8,10,14,16H2,1H3,(H,32,36)/t20-,28?/m0/s1. The van der Waals surface area contributed by atoms with Crippen molar-refractivity contribution in [3.63, 3.8) is 0 Å². The predicted octanol–water partition coefficient (Wildman–Crippen LogP) is 4.00. The van der Waals surface area contributed by atoms with Crippen LogP contribution in [-0.2, 0) is 11.2 Å². The molecule has 182 valence electrons. The molecule has 2 aliphatic heterocycles. The van der Waals surface area contributed by atoms with E-state index in [1.165, 1.54) is 11.8 Å². The van der Waals surface area contributed by atoms with E-state index in [1.54, 1.807) is 12.3 Å². The number of halogens is 1. The van der Waals surface area contributed by atoms with Crippen molar-refractivity contribution in [2.45, 2.75) is 44.3 Å². The highest BCUT2D eigenvalue weighted by Crippen LogP contribution is 2.31. The average molecular weight is 485 g/mol. The van der Waals surface area contributed by atoms with Crippen LogP contribution in [0, 0.1) is 11.3 Å². The molecule has 2 amide bonds. The van der Waals surface area contributed by atoms with Crippen LogP contribution in [-0.4, -0.2) is 52.3 Å². The van der Waals surface area contributed by atoms with Crippen molar-refractivity contribution in [2.24, 2.45) is 0 Å². The number of carbonyl (C=O) groups is 3. The number of amides is 2. The van der Waals surface area contributed by atoms with Gasteiger partial charge in [-0.25, -0.2) is 4.39 Å². The van der Waals surface area contributed by atoms with Gasteiger partial charge in [-0.2, -0.15) is 5.26 Å². The summed E-state index contributed by atoms with van der Waals surface area (Å²) in [5, 5.41) is 12.8. The minimum atomic E-state index is -1.60. The van der Waals surface area contributed by atoms with Gasteiger partial charge in [0, 0.05) is 48.5 Å². The first kappa shape index (κ1) is 23.6. The number of Topliss-reactive ketones (excluding diaryl/α,β-unsaturated/α-hetero) is 1. The Balaban J connectivity index is 1.38. The summed E-state index contributed by atoms with van der Waals surface area (Å²) in [5.41, 5.74) is 3.01. The van der Waals surface area contributed by atoms with E-state index in [2.05, 4.69) is 10.3 Å². The molecule has 2 aromatic carbocycles. The summed E-state index contributed by atoms with van der Waals surface area (Å²) < 4.78 is 14.3. The lowest BCUT2D eigenvalue weighted by Gasteiger charge is -2.19. The molecule has 0 aliphatic carbocycles. The van der Waals surface area contributed by atoms with Crippen molar-refractivity contribution >= 4 is 28.5 Å². The molecule has 2 atom stereocenters. The number of nitrogens with zero attached hydrogens (tertiary/aromatic N) is 3. The number of pyridine rings is 1. The molecule has 36 heavy (non-hydrogen) atoms. The van der Waals surface area contributed by atoms with Crippen molar-refractivity contribution in [3.8, 4) is 17.2 Å². The second kappa shape index (κ2) is 9.15. The molecule has 0 saturated carbocycles. The number of ketones is 1. The maximum absolute atomic E-state index is 14.3. The number of fused-ring (bicyclic) bond motifs is 2. The summed E-state index contributed by atoms with van der Waals surface area (Å²) in [6.45, 7) is 1.85. The maximum Gasteiger partial charge on any atom is 0.251 e. The minimum Gasteiger partial charge on any atom is -0.352 e. The lowest BCUT2D eigenvalue weighted by Crippen LogP contribution is -2.36. The van der Waals surface area contributed by atoms with Crippen LogP contribution in [0.4, 0.5) is 4.39 Å². The lowest BCUT2D eigenvalue weighted by atomic mass is 9.93. The summed E-state index contributed by atoms with van der Waals surface area (Å²) in [4.78, 5) is 43.5. The predicted molar refractivity (Wildman–Crippen MR) is 132 cm³/mol. The highest BCUT2D eigenvalue weighted by molar-refractivity contribution is 6.08. The van der Waals surface area contributed by atoms with Gasteiger partial charge >= 0.3 is 0 Å². The molecule has 0 bridgehead atoms.